The van der Waals surface area contributed by atoms with Crippen molar-refractivity contribution in [2.45, 2.75) is 6.54 Å². The van der Waals surface area contributed by atoms with Crippen molar-refractivity contribution >= 4 is 33.2 Å². The van der Waals surface area contributed by atoms with E-state index < -0.39 is 0 Å². The number of halogens is 2. The van der Waals surface area contributed by atoms with Crippen LogP contribution < -0.4 is 10.5 Å². The van der Waals surface area contributed by atoms with Crippen LogP contribution in [0.4, 0.5) is 5.69 Å². The first-order valence-electron chi connectivity index (χ1n) is 5.27. The minimum Gasteiger partial charge on any atom is -0.368 e. The summed E-state index contributed by atoms with van der Waals surface area (Å²) < 4.78 is 1.02. The zero-order chi connectivity index (χ0) is 13.1. The van der Waals surface area contributed by atoms with Crippen LogP contribution in [0.3, 0.4) is 0 Å². The van der Waals surface area contributed by atoms with Crippen LogP contribution in [0, 0.1) is 0 Å². The smallest absolute Gasteiger partial charge is 0.285 e. The highest BCUT2D eigenvalue weighted by Gasteiger charge is 2.11. The van der Waals surface area contributed by atoms with Crippen LogP contribution >= 0.6 is 27.5 Å². The van der Waals surface area contributed by atoms with Crippen molar-refractivity contribution < 1.29 is 0 Å². The number of H-pyrrole nitrogens is 1. The zero-order valence-corrected chi connectivity index (χ0v) is 12.0. The Morgan fingerprint density at radius 3 is 2.89 bits per heavy atom. The summed E-state index contributed by atoms with van der Waals surface area (Å²) in [4.78, 5) is 13.3. The summed E-state index contributed by atoms with van der Waals surface area (Å²) >= 11 is 9.44. The molecular formula is C12H11BrClN3O. The summed E-state index contributed by atoms with van der Waals surface area (Å²) in [6.45, 7) is 0.631. The average molecular weight is 329 g/mol. The predicted molar refractivity (Wildman–Crippen MR) is 76.1 cm³/mol. The van der Waals surface area contributed by atoms with Crippen molar-refractivity contribution in [2.75, 3.05) is 11.9 Å². The van der Waals surface area contributed by atoms with Crippen molar-refractivity contribution in [2.24, 2.45) is 0 Å². The highest BCUT2D eigenvalue weighted by molar-refractivity contribution is 9.10. The predicted octanol–water partition coefficient (Wildman–Crippen LogP) is 2.82. The second kappa shape index (κ2) is 5.54. The second-order valence-corrected chi connectivity index (χ2v) is 5.08. The number of benzene rings is 1. The summed E-state index contributed by atoms with van der Waals surface area (Å²) in [5.41, 5.74) is 1.33. The molecule has 0 aliphatic rings. The fourth-order valence-corrected chi connectivity index (χ4v) is 2.25. The Morgan fingerprint density at radius 2 is 2.17 bits per heavy atom. The van der Waals surface area contributed by atoms with E-state index in [0.29, 0.717) is 12.2 Å². The number of aromatic nitrogens is 2. The number of aromatic amines is 1. The van der Waals surface area contributed by atoms with Gasteiger partial charge in [-0.05, 0) is 11.6 Å². The molecule has 0 unspecified atom stereocenters. The SMILES string of the molecule is CN(Cc1ccccc1Br)c1cn[nH]c(=O)c1Cl. The van der Waals surface area contributed by atoms with Crippen LogP contribution in [0.15, 0.2) is 39.7 Å². The lowest BCUT2D eigenvalue weighted by Crippen LogP contribution is -2.21. The third-order valence-corrected chi connectivity index (χ3v) is 3.69. The molecule has 6 heteroatoms. The van der Waals surface area contributed by atoms with Gasteiger partial charge in [-0.25, -0.2) is 5.10 Å². The summed E-state index contributed by atoms with van der Waals surface area (Å²) in [7, 11) is 1.86. The molecule has 4 nitrogen and oxygen atoms in total. The van der Waals surface area contributed by atoms with Crippen molar-refractivity contribution in [3.05, 3.63) is 55.9 Å². The molecule has 0 radical (unpaired) electrons. The highest BCUT2D eigenvalue weighted by atomic mass is 79.9. The Kier molecular flexibility index (Phi) is 4.04. The maximum absolute atomic E-state index is 11.4. The number of nitrogens with one attached hydrogen (secondary N) is 1. The number of anilines is 1. The third-order valence-electron chi connectivity index (χ3n) is 2.55. The Bertz CT molecular complexity index is 614. The van der Waals surface area contributed by atoms with E-state index in [1.54, 1.807) is 6.20 Å². The molecule has 94 valence electrons. The van der Waals surface area contributed by atoms with Gasteiger partial charge in [0.05, 0.1) is 11.9 Å². The molecule has 1 heterocycles. The maximum atomic E-state index is 11.4. The van der Waals surface area contributed by atoms with Gasteiger partial charge in [-0.15, -0.1) is 0 Å². The van der Waals surface area contributed by atoms with Crippen LogP contribution in [-0.2, 0) is 6.54 Å². The quantitative estimate of drug-likeness (QED) is 0.942. The molecule has 0 saturated carbocycles. The lowest BCUT2D eigenvalue weighted by molar-refractivity contribution is 0.891. The number of nitrogens with zero attached hydrogens (tertiary/aromatic N) is 2. The molecule has 0 aliphatic heterocycles. The van der Waals surface area contributed by atoms with E-state index in [4.69, 9.17) is 11.6 Å². The fraction of sp³-hybridized carbons (Fsp3) is 0.167. The minimum atomic E-state index is -0.381. The highest BCUT2D eigenvalue weighted by Crippen LogP contribution is 2.23. The molecule has 2 aromatic rings. The van der Waals surface area contributed by atoms with Crippen molar-refractivity contribution in [3.8, 4) is 0 Å². The van der Waals surface area contributed by atoms with E-state index >= 15 is 0 Å². The molecule has 0 saturated heterocycles. The first-order chi connectivity index (χ1) is 8.59. The molecule has 0 atom stereocenters. The normalized spacial score (nSPS) is 10.4. The zero-order valence-electron chi connectivity index (χ0n) is 9.65. The lowest BCUT2D eigenvalue weighted by Gasteiger charge is -2.20. The molecule has 0 amide bonds. The van der Waals surface area contributed by atoms with Gasteiger partial charge in [0.25, 0.3) is 5.56 Å². The Morgan fingerprint density at radius 1 is 1.44 bits per heavy atom. The van der Waals surface area contributed by atoms with Gasteiger partial charge in [-0.3, -0.25) is 4.79 Å². The van der Waals surface area contributed by atoms with Crippen LogP contribution in [0.1, 0.15) is 5.56 Å². The van der Waals surface area contributed by atoms with Crippen molar-refractivity contribution in [1.82, 2.24) is 10.2 Å². The Balaban J connectivity index is 2.28. The van der Waals surface area contributed by atoms with Crippen LogP contribution in [-0.4, -0.2) is 17.2 Å². The van der Waals surface area contributed by atoms with Gasteiger partial charge >= 0.3 is 0 Å². The van der Waals surface area contributed by atoms with E-state index in [1.165, 1.54) is 0 Å². The van der Waals surface area contributed by atoms with E-state index in [-0.39, 0.29) is 10.6 Å². The number of hydrogen-bond donors (Lipinski definition) is 1. The lowest BCUT2D eigenvalue weighted by atomic mass is 10.2. The molecule has 1 aromatic carbocycles. The van der Waals surface area contributed by atoms with Gasteiger partial charge in [0.1, 0.15) is 5.02 Å². The van der Waals surface area contributed by atoms with Gasteiger partial charge in [-0.1, -0.05) is 45.7 Å². The fourth-order valence-electron chi connectivity index (χ4n) is 1.61. The van der Waals surface area contributed by atoms with Gasteiger partial charge in [0, 0.05) is 18.1 Å². The molecule has 0 fully saturated rings. The molecule has 1 N–H and O–H groups in total. The summed E-state index contributed by atoms with van der Waals surface area (Å²) in [6, 6.07) is 7.90. The second-order valence-electron chi connectivity index (χ2n) is 3.85. The molecule has 1 aromatic heterocycles. The third kappa shape index (κ3) is 2.73. The maximum Gasteiger partial charge on any atom is 0.285 e. The molecule has 0 bridgehead atoms. The molecule has 18 heavy (non-hydrogen) atoms. The van der Waals surface area contributed by atoms with E-state index in [9.17, 15) is 4.79 Å². The van der Waals surface area contributed by atoms with Gasteiger partial charge in [-0.2, -0.15) is 5.10 Å². The van der Waals surface area contributed by atoms with Crippen LogP contribution in [0.5, 0.6) is 0 Å². The Labute approximate surface area is 118 Å². The van der Waals surface area contributed by atoms with Gasteiger partial charge in [0.15, 0.2) is 0 Å². The van der Waals surface area contributed by atoms with E-state index in [1.807, 2.05) is 36.2 Å². The van der Waals surface area contributed by atoms with Crippen molar-refractivity contribution in [3.63, 3.8) is 0 Å². The monoisotopic (exact) mass is 327 g/mol. The number of hydrogen-bond acceptors (Lipinski definition) is 3. The molecular weight excluding hydrogens is 318 g/mol. The largest absolute Gasteiger partial charge is 0.368 e. The van der Waals surface area contributed by atoms with Gasteiger partial charge in [0.2, 0.25) is 0 Å². The first-order valence-corrected chi connectivity index (χ1v) is 6.44. The average Bonchev–Trinajstić information content (AvgIpc) is 2.35. The van der Waals surface area contributed by atoms with Crippen LogP contribution in [0.25, 0.3) is 0 Å². The Hall–Kier alpha value is -1.33. The minimum absolute atomic E-state index is 0.152. The van der Waals surface area contributed by atoms with E-state index in [0.717, 1.165) is 10.0 Å². The summed E-state index contributed by atoms with van der Waals surface area (Å²) in [5, 5.41) is 6.20. The molecule has 2 rings (SSSR count). The van der Waals surface area contributed by atoms with E-state index in [2.05, 4.69) is 26.1 Å². The molecule has 0 spiro atoms. The summed E-state index contributed by atoms with van der Waals surface area (Å²) in [6.07, 6.45) is 1.54. The summed E-state index contributed by atoms with van der Waals surface area (Å²) in [5.74, 6) is 0. The first kappa shape index (κ1) is 13.1. The van der Waals surface area contributed by atoms with Crippen LogP contribution in [0.2, 0.25) is 5.02 Å². The molecule has 0 aliphatic carbocycles. The van der Waals surface area contributed by atoms with Crippen molar-refractivity contribution in [1.29, 1.82) is 0 Å². The standard InChI is InChI=1S/C12H11BrClN3O/c1-17(7-8-4-2-3-5-9(8)13)10-6-15-16-12(18)11(10)14/h2-6H,7H2,1H3,(H,16,18). The number of rotatable bonds is 3. The van der Waals surface area contributed by atoms with Gasteiger partial charge < -0.3 is 4.90 Å². The topological polar surface area (TPSA) is 49.0 Å².